The molecule has 4 nitrogen and oxygen atoms in total. The molecule has 5 heteroatoms. The van der Waals surface area contributed by atoms with Crippen molar-refractivity contribution < 1.29 is 14.6 Å². The minimum atomic E-state index is 0.293. The summed E-state index contributed by atoms with van der Waals surface area (Å²) in [6, 6.07) is 12.8. The summed E-state index contributed by atoms with van der Waals surface area (Å²) in [6.07, 6.45) is 2.50. The van der Waals surface area contributed by atoms with Crippen LogP contribution in [-0.2, 0) is 6.42 Å². The molecule has 0 radical (unpaired) electrons. The molecule has 0 saturated heterocycles. The third-order valence-corrected chi connectivity index (χ3v) is 4.01. The van der Waals surface area contributed by atoms with E-state index in [-0.39, 0.29) is 0 Å². The van der Waals surface area contributed by atoms with Crippen LogP contribution in [-0.4, -0.2) is 18.3 Å². The Labute approximate surface area is 147 Å². The van der Waals surface area contributed by atoms with Crippen LogP contribution in [0.5, 0.6) is 17.2 Å². The van der Waals surface area contributed by atoms with E-state index in [1.807, 2.05) is 35.7 Å². The van der Waals surface area contributed by atoms with Crippen LogP contribution in [0.25, 0.3) is 0 Å². The van der Waals surface area contributed by atoms with Crippen LogP contribution >= 0.6 is 11.8 Å². The smallest absolute Gasteiger partial charge is 0.138 e. The van der Waals surface area contributed by atoms with Crippen LogP contribution in [0.3, 0.4) is 0 Å². The maximum absolute atomic E-state index is 9.91. The van der Waals surface area contributed by atoms with Gasteiger partial charge in [-0.1, -0.05) is 19.4 Å². The highest BCUT2D eigenvalue weighted by Gasteiger charge is 2.07. The van der Waals surface area contributed by atoms with Gasteiger partial charge in [0.05, 0.1) is 13.2 Å². The lowest BCUT2D eigenvalue weighted by atomic mass is 10.1. The number of hydrogen-bond donors (Lipinski definition) is 1. The zero-order valence-corrected chi connectivity index (χ0v) is 14.5. The van der Waals surface area contributed by atoms with Crippen LogP contribution in [0.4, 0.5) is 0 Å². The van der Waals surface area contributed by atoms with Gasteiger partial charge in [0.2, 0.25) is 0 Å². The Hall–Kier alpha value is -2.32. The summed E-state index contributed by atoms with van der Waals surface area (Å²) in [5, 5.41) is 20.6. The van der Waals surface area contributed by atoms with Crippen molar-refractivity contribution in [1.82, 2.24) is 0 Å². The number of phenols is 1. The SMILES string of the molecule is CCCc1c(O)cccc1OCCCOc1ccc(SC#N)cc1. The van der Waals surface area contributed by atoms with Gasteiger partial charge in [0.1, 0.15) is 22.6 Å². The van der Waals surface area contributed by atoms with E-state index < -0.39 is 0 Å². The number of hydrogen-bond acceptors (Lipinski definition) is 5. The first-order valence-electron chi connectivity index (χ1n) is 7.97. The Morgan fingerprint density at radius 2 is 1.83 bits per heavy atom. The Morgan fingerprint density at radius 1 is 1.08 bits per heavy atom. The van der Waals surface area contributed by atoms with E-state index >= 15 is 0 Å². The van der Waals surface area contributed by atoms with Crippen molar-refractivity contribution in [3.63, 3.8) is 0 Å². The summed E-state index contributed by atoms with van der Waals surface area (Å²) in [5.74, 6) is 1.82. The molecule has 0 aromatic heterocycles. The molecule has 0 bridgehead atoms. The zero-order chi connectivity index (χ0) is 17.2. The first kappa shape index (κ1) is 18.0. The number of nitriles is 1. The summed E-state index contributed by atoms with van der Waals surface area (Å²) in [7, 11) is 0. The predicted octanol–water partition coefficient (Wildman–Crippen LogP) is 4.77. The molecule has 0 aliphatic rings. The normalized spacial score (nSPS) is 10.2. The molecule has 0 spiro atoms. The molecule has 0 heterocycles. The van der Waals surface area contributed by atoms with E-state index in [9.17, 15) is 5.11 Å². The van der Waals surface area contributed by atoms with Gasteiger partial charge in [0.15, 0.2) is 0 Å². The second kappa shape index (κ2) is 9.74. The van der Waals surface area contributed by atoms with Crippen molar-refractivity contribution in [3.05, 3.63) is 48.0 Å². The van der Waals surface area contributed by atoms with Crippen molar-refractivity contribution in [2.24, 2.45) is 0 Å². The van der Waals surface area contributed by atoms with Crippen molar-refractivity contribution in [1.29, 1.82) is 5.26 Å². The fourth-order valence-electron chi connectivity index (χ4n) is 2.28. The molecule has 126 valence electrons. The highest BCUT2D eigenvalue weighted by molar-refractivity contribution is 8.03. The average Bonchev–Trinajstić information content (AvgIpc) is 2.59. The van der Waals surface area contributed by atoms with Crippen LogP contribution in [0, 0.1) is 10.7 Å². The zero-order valence-electron chi connectivity index (χ0n) is 13.7. The first-order valence-corrected chi connectivity index (χ1v) is 8.78. The second-order valence-corrected chi connectivity index (χ2v) is 6.08. The number of nitrogens with zero attached hydrogens (tertiary/aromatic N) is 1. The first-order chi connectivity index (χ1) is 11.7. The number of benzene rings is 2. The van der Waals surface area contributed by atoms with E-state index in [1.54, 1.807) is 12.1 Å². The number of phenolic OH excluding ortho intramolecular Hbond substituents is 1. The minimum absolute atomic E-state index is 0.293. The summed E-state index contributed by atoms with van der Waals surface area (Å²) in [5.41, 5.74) is 0.867. The van der Waals surface area contributed by atoms with Crippen molar-refractivity contribution in [2.45, 2.75) is 31.1 Å². The third-order valence-electron chi connectivity index (χ3n) is 3.41. The Morgan fingerprint density at radius 3 is 2.54 bits per heavy atom. The fraction of sp³-hybridized carbons (Fsp3) is 0.316. The Kier molecular flexibility index (Phi) is 7.31. The topological polar surface area (TPSA) is 62.5 Å². The van der Waals surface area contributed by atoms with Crippen molar-refractivity contribution in [3.8, 4) is 22.6 Å². The quantitative estimate of drug-likeness (QED) is 0.404. The standard InChI is InChI=1S/C19H21NO3S/c1-2-5-17-18(21)6-3-7-19(17)23-13-4-12-22-15-8-10-16(11-9-15)24-14-20/h3,6-11,21H,2,4-5,12-13H2,1H3. The van der Waals surface area contributed by atoms with Gasteiger partial charge in [-0.05, 0) is 54.6 Å². The highest BCUT2D eigenvalue weighted by Crippen LogP contribution is 2.28. The lowest BCUT2D eigenvalue weighted by Gasteiger charge is -2.12. The van der Waals surface area contributed by atoms with Crippen LogP contribution in [0.15, 0.2) is 47.4 Å². The molecule has 0 fully saturated rings. The molecule has 0 unspecified atom stereocenters. The van der Waals surface area contributed by atoms with Gasteiger partial charge in [-0.3, -0.25) is 0 Å². The highest BCUT2D eigenvalue weighted by atomic mass is 32.2. The summed E-state index contributed by atoms with van der Waals surface area (Å²) >= 11 is 1.13. The lowest BCUT2D eigenvalue weighted by Crippen LogP contribution is -2.06. The second-order valence-electron chi connectivity index (χ2n) is 5.22. The van der Waals surface area contributed by atoms with E-state index in [0.717, 1.165) is 53.0 Å². The molecule has 0 amide bonds. The molecular weight excluding hydrogens is 322 g/mol. The van der Waals surface area contributed by atoms with Crippen molar-refractivity contribution >= 4 is 11.8 Å². The van der Waals surface area contributed by atoms with E-state index in [4.69, 9.17) is 14.7 Å². The van der Waals surface area contributed by atoms with E-state index in [0.29, 0.717) is 19.0 Å². The predicted molar refractivity (Wildman–Crippen MR) is 95.6 cm³/mol. The van der Waals surface area contributed by atoms with Gasteiger partial charge in [-0.15, -0.1) is 0 Å². The molecule has 0 saturated carbocycles. The third kappa shape index (κ3) is 5.39. The van der Waals surface area contributed by atoms with Gasteiger partial charge in [0, 0.05) is 16.9 Å². The van der Waals surface area contributed by atoms with E-state index in [1.165, 1.54) is 0 Å². The summed E-state index contributed by atoms with van der Waals surface area (Å²) in [4.78, 5) is 0.903. The molecular formula is C19H21NO3S. The Balaban J connectivity index is 1.75. The van der Waals surface area contributed by atoms with Crippen molar-refractivity contribution in [2.75, 3.05) is 13.2 Å². The van der Waals surface area contributed by atoms with E-state index in [2.05, 4.69) is 6.92 Å². The summed E-state index contributed by atoms with van der Waals surface area (Å²) in [6.45, 7) is 3.15. The molecule has 24 heavy (non-hydrogen) atoms. The number of rotatable bonds is 9. The van der Waals surface area contributed by atoms with Gasteiger partial charge in [-0.25, -0.2) is 0 Å². The van der Waals surface area contributed by atoms with Crippen LogP contribution < -0.4 is 9.47 Å². The molecule has 2 aromatic carbocycles. The van der Waals surface area contributed by atoms with Crippen LogP contribution in [0.1, 0.15) is 25.3 Å². The largest absolute Gasteiger partial charge is 0.508 e. The molecule has 2 rings (SSSR count). The maximum Gasteiger partial charge on any atom is 0.138 e. The molecule has 2 aromatic rings. The molecule has 0 aliphatic carbocycles. The molecule has 1 N–H and O–H groups in total. The fourth-order valence-corrected chi connectivity index (χ4v) is 2.66. The number of thiocyanates is 1. The van der Waals surface area contributed by atoms with Gasteiger partial charge in [-0.2, -0.15) is 5.26 Å². The summed E-state index contributed by atoms with van der Waals surface area (Å²) < 4.78 is 11.4. The number of ether oxygens (including phenoxy) is 2. The maximum atomic E-state index is 9.91. The van der Waals surface area contributed by atoms with Gasteiger partial charge in [0.25, 0.3) is 0 Å². The number of thioether (sulfide) groups is 1. The molecule has 0 atom stereocenters. The lowest BCUT2D eigenvalue weighted by molar-refractivity contribution is 0.245. The minimum Gasteiger partial charge on any atom is -0.508 e. The molecule has 0 aliphatic heterocycles. The van der Waals surface area contributed by atoms with Crippen LogP contribution in [0.2, 0.25) is 0 Å². The Bertz CT molecular complexity index is 680. The van der Waals surface area contributed by atoms with Gasteiger partial charge >= 0.3 is 0 Å². The monoisotopic (exact) mass is 343 g/mol. The average molecular weight is 343 g/mol. The van der Waals surface area contributed by atoms with Gasteiger partial charge < -0.3 is 14.6 Å². The number of aromatic hydroxyl groups is 1.